The summed E-state index contributed by atoms with van der Waals surface area (Å²) in [6.45, 7) is 3.30. The fraction of sp³-hybridized carbons (Fsp3) is 1.00. The van der Waals surface area contributed by atoms with Gasteiger partial charge in [-0.3, -0.25) is 0 Å². The normalized spacial score (nSPS) is 43.6. The van der Waals surface area contributed by atoms with E-state index in [1.165, 1.54) is 19.3 Å². The summed E-state index contributed by atoms with van der Waals surface area (Å²) in [5.74, 6) is 0.768. The van der Waals surface area contributed by atoms with Gasteiger partial charge < -0.3 is 15.2 Å². The van der Waals surface area contributed by atoms with Gasteiger partial charge >= 0.3 is 0 Å². The highest BCUT2D eigenvalue weighted by Gasteiger charge is 2.46. The van der Waals surface area contributed by atoms with Gasteiger partial charge in [-0.1, -0.05) is 26.2 Å². The van der Waals surface area contributed by atoms with Crippen molar-refractivity contribution in [2.24, 2.45) is 5.92 Å². The van der Waals surface area contributed by atoms with Crippen LogP contribution in [0.4, 0.5) is 0 Å². The van der Waals surface area contributed by atoms with Crippen molar-refractivity contribution in [1.29, 1.82) is 0 Å². The lowest BCUT2D eigenvalue weighted by Crippen LogP contribution is -2.61. The average molecular weight is 241 g/mol. The number of piperidine rings is 1. The molecule has 1 heterocycles. The number of methoxy groups -OCH3 is 1. The largest absolute Gasteiger partial charge is 0.386 e. The van der Waals surface area contributed by atoms with Crippen molar-refractivity contribution in [3.8, 4) is 0 Å². The van der Waals surface area contributed by atoms with E-state index in [4.69, 9.17) is 4.74 Å². The highest BCUT2D eigenvalue weighted by Crippen LogP contribution is 2.37. The van der Waals surface area contributed by atoms with Gasteiger partial charge in [0.25, 0.3) is 0 Å². The molecule has 1 saturated carbocycles. The Morgan fingerprint density at radius 2 is 2.18 bits per heavy atom. The molecule has 0 radical (unpaired) electrons. The monoisotopic (exact) mass is 241 g/mol. The minimum atomic E-state index is -0.638. The molecule has 1 saturated heterocycles. The van der Waals surface area contributed by atoms with Crippen molar-refractivity contribution in [3.63, 3.8) is 0 Å². The van der Waals surface area contributed by atoms with Crippen molar-refractivity contribution in [2.75, 3.05) is 13.7 Å². The van der Waals surface area contributed by atoms with Gasteiger partial charge in [0.1, 0.15) is 5.60 Å². The summed E-state index contributed by atoms with van der Waals surface area (Å²) < 4.78 is 5.54. The summed E-state index contributed by atoms with van der Waals surface area (Å²) in [4.78, 5) is 0. The van der Waals surface area contributed by atoms with Crippen LogP contribution in [-0.2, 0) is 4.74 Å². The molecule has 2 fully saturated rings. The van der Waals surface area contributed by atoms with Crippen LogP contribution in [0.3, 0.4) is 0 Å². The van der Waals surface area contributed by atoms with Crippen LogP contribution in [0.5, 0.6) is 0 Å². The fourth-order valence-corrected chi connectivity index (χ4v) is 3.62. The number of nitrogens with one attached hydrogen (secondary N) is 1. The third-order valence-corrected chi connectivity index (χ3v) is 4.83. The second-order valence-electron chi connectivity index (χ2n) is 5.77. The quantitative estimate of drug-likeness (QED) is 0.795. The Hall–Kier alpha value is -0.120. The molecule has 0 spiro atoms. The summed E-state index contributed by atoms with van der Waals surface area (Å²) in [6, 6.07) is 0.228. The molecule has 2 rings (SSSR count). The molecule has 0 aromatic rings. The molecule has 0 aromatic carbocycles. The van der Waals surface area contributed by atoms with Gasteiger partial charge in [-0.25, -0.2) is 0 Å². The molecule has 2 N–H and O–H groups in total. The molecule has 100 valence electrons. The van der Waals surface area contributed by atoms with Gasteiger partial charge in [0.05, 0.1) is 6.10 Å². The lowest BCUT2D eigenvalue weighted by atomic mass is 9.72. The molecule has 4 unspecified atom stereocenters. The second kappa shape index (κ2) is 5.68. The summed E-state index contributed by atoms with van der Waals surface area (Å²) in [6.07, 6.45) is 7.81. The van der Waals surface area contributed by atoms with Gasteiger partial charge in [0, 0.05) is 13.2 Å². The number of rotatable bonds is 3. The van der Waals surface area contributed by atoms with E-state index < -0.39 is 5.60 Å². The smallest absolute Gasteiger partial charge is 0.106 e. The molecule has 4 atom stereocenters. The molecule has 0 amide bonds. The Bertz CT molecular complexity index is 246. The van der Waals surface area contributed by atoms with Crippen LogP contribution >= 0.6 is 0 Å². The highest BCUT2D eigenvalue weighted by molar-refractivity contribution is 5.02. The van der Waals surface area contributed by atoms with Crippen LogP contribution in [0.2, 0.25) is 0 Å². The van der Waals surface area contributed by atoms with E-state index in [9.17, 15) is 5.11 Å². The van der Waals surface area contributed by atoms with Crippen LogP contribution in [0.25, 0.3) is 0 Å². The summed E-state index contributed by atoms with van der Waals surface area (Å²) >= 11 is 0. The molecule has 1 aliphatic carbocycles. The number of hydrogen-bond donors (Lipinski definition) is 2. The zero-order valence-corrected chi connectivity index (χ0v) is 11.2. The summed E-state index contributed by atoms with van der Waals surface area (Å²) in [7, 11) is 1.74. The lowest BCUT2D eigenvalue weighted by molar-refractivity contribution is -0.142. The minimum absolute atomic E-state index is 0.0179. The van der Waals surface area contributed by atoms with E-state index in [2.05, 4.69) is 12.2 Å². The highest BCUT2D eigenvalue weighted by atomic mass is 16.5. The zero-order valence-electron chi connectivity index (χ0n) is 11.2. The van der Waals surface area contributed by atoms with Gasteiger partial charge in [-0.2, -0.15) is 0 Å². The van der Waals surface area contributed by atoms with Crippen molar-refractivity contribution in [1.82, 2.24) is 5.32 Å². The van der Waals surface area contributed by atoms with Crippen molar-refractivity contribution in [2.45, 2.75) is 69.6 Å². The third kappa shape index (κ3) is 2.67. The number of aliphatic hydroxyl groups is 1. The standard InChI is InChI=1S/C14H27NO2/c1-3-11-7-9-15-12(10-11)14(16)8-5-4-6-13(14)17-2/h11-13,15-16H,3-10H2,1-2H3. The van der Waals surface area contributed by atoms with E-state index >= 15 is 0 Å². The first-order valence-corrected chi connectivity index (χ1v) is 7.19. The Morgan fingerprint density at radius 1 is 1.35 bits per heavy atom. The predicted molar refractivity (Wildman–Crippen MR) is 69.0 cm³/mol. The third-order valence-electron chi connectivity index (χ3n) is 4.83. The second-order valence-corrected chi connectivity index (χ2v) is 5.77. The SMILES string of the molecule is CCC1CCNC(C2(O)CCCCC2OC)C1. The number of ether oxygens (including phenoxy) is 1. The molecule has 2 aliphatic rings. The van der Waals surface area contributed by atoms with Gasteiger partial charge in [-0.15, -0.1) is 0 Å². The predicted octanol–water partition coefficient (Wildman–Crippen LogP) is 2.08. The van der Waals surface area contributed by atoms with Gasteiger partial charge in [0.2, 0.25) is 0 Å². The van der Waals surface area contributed by atoms with Crippen LogP contribution in [-0.4, -0.2) is 36.5 Å². The Labute approximate surface area is 105 Å². The van der Waals surface area contributed by atoms with Crippen molar-refractivity contribution in [3.05, 3.63) is 0 Å². The Morgan fingerprint density at radius 3 is 2.88 bits per heavy atom. The first kappa shape index (κ1) is 13.3. The van der Waals surface area contributed by atoms with E-state index in [1.807, 2.05) is 0 Å². The summed E-state index contributed by atoms with van der Waals surface area (Å²) in [5.41, 5.74) is -0.638. The first-order chi connectivity index (χ1) is 8.20. The summed E-state index contributed by atoms with van der Waals surface area (Å²) in [5, 5.41) is 14.5. The average Bonchev–Trinajstić information content (AvgIpc) is 2.39. The van der Waals surface area contributed by atoms with E-state index in [0.717, 1.165) is 38.1 Å². The van der Waals surface area contributed by atoms with Crippen LogP contribution in [0.1, 0.15) is 51.9 Å². The molecule has 3 heteroatoms. The van der Waals surface area contributed by atoms with E-state index in [1.54, 1.807) is 7.11 Å². The topological polar surface area (TPSA) is 41.5 Å². The van der Waals surface area contributed by atoms with Gasteiger partial charge in [0.15, 0.2) is 0 Å². The van der Waals surface area contributed by atoms with Crippen LogP contribution < -0.4 is 5.32 Å². The molecule has 3 nitrogen and oxygen atoms in total. The van der Waals surface area contributed by atoms with Crippen molar-refractivity contribution >= 4 is 0 Å². The zero-order chi connectivity index (χ0) is 12.3. The van der Waals surface area contributed by atoms with Gasteiger partial charge in [-0.05, 0) is 38.1 Å². The molecular weight excluding hydrogens is 214 g/mol. The fourth-order valence-electron chi connectivity index (χ4n) is 3.62. The Balaban J connectivity index is 2.06. The van der Waals surface area contributed by atoms with E-state index in [-0.39, 0.29) is 12.1 Å². The molecule has 0 aromatic heterocycles. The molecular formula is C14H27NO2. The molecule has 17 heavy (non-hydrogen) atoms. The maximum absolute atomic E-state index is 11.0. The van der Waals surface area contributed by atoms with Crippen molar-refractivity contribution < 1.29 is 9.84 Å². The minimum Gasteiger partial charge on any atom is -0.386 e. The number of hydrogen-bond acceptors (Lipinski definition) is 3. The molecule has 0 bridgehead atoms. The van der Waals surface area contributed by atoms with Crippen LogP contribution in [0.15, 0.2) is 0 Å². The maximum Gasteiger partial charge on any atom is 0.106 e. The first-order valence-electron chi connectivity index (χ1n) is 7.19. The molecule has 1 aliphatic heterocycles. The Kier molecular flexibility index (Phi) is 4.45. The lowest BCUT2D eigenvalue weighted by Gasteiger charge is -2.47. The van der Waals surface area contributed by atoms with E-state index in [0.29, 0.717) is 0 Å². The van der Waals surface area contributed by atoms with Crippen LogP contribution in [0, 0.1) is 5.92 Å². The maximum atomic E-state index is 11.0.